The van der Waals surface area contributed by atoms with Crippen LogP contribution in [0.1, 0.15) is 16.1 Å². The molecule has 0 bridgehead atoms. The largest absolute Gasteiger partial charge is 0.478 e. The lowest BCUT2D eigenvalue weighted by molar-refractivity contribution is 0.0696. The van der Waals surface area contributed by atoms with E-state index in [9.17, 15) is 4.79 Å². The maximum atomic E-state index is 10.8. The van der Waals surface area contributed by atoms with Gasteiger partial charge < -0.3 is 5.11 Å². The molecule has 2 rings (SSSR count). The summed E-state index contributed by atoms with van der Waals surface area (Å²) in [4.78, 5) is 18.9. The molecule has 0 spiro atoms. The highest BCUT2D eigenvalue weighted by Crippen LogP contribution is 2.13. The van der Waals surface area contributed by atoms with Gasteiger partial charge >= 0.3 is 5.97 Å². The summed E-state index contributed by atoms with van der Waals surface area (Å²) in [5.74, 6) is -0.958. The van der Waals surface area contributed by atoms with Crippen molar-refractivity contribution in [2.45, 2.75) is 6.92 Å². The van der Waals surface area contributed by atoms with Crippen molar-refractivity contribution in [1.82, 2.24) is 9.97 Å². The summed E-state index contributed by atoms with van der Waals surface area (Å²) in [5, 5.41) is 9.61. The van der Waals surface area contributed by atoms with E-state index >= 15 is 0 Å². The third-order valence-electron chi connectivity index (χ3n) is 2.01. The maximum absolute atomic E-state index is 10.8. The van der Waals surface area contributed by atoms with Gasteiger partial charge in [-0.15, -0.1) is 12.4 Å². The first-order chi connectivity index (χ1) is 6.68. The lowest BCUT2D eigenvalue weighted by atomic mass is 10.1. The topological polar surface area (TPSA) is 63.1 Å². The van der Waals surface area contributed by atoms with E-state index in [0.29, 0.717) is 11.3 Å². The number of carboxylic acids is 1. The third-order valence-corrected chi connectivity index (χ3v) is 2.01. The number of carbonyl (C=O) groups is 1. The second-order valence-corrected chi connectivity index (χ2v) is 2.98. The lowest BCUT2D eigenvalue weighted by Crippen LogP contribution is -2.02. The number of aromatic carboxylic acids is 1. The quantitative estimate of drug-likeness (QED) is 0.805. The highest BCUT2D eigenvalue weighted by atomic mass is 35.5. The molecule has 0 fully saturated rings. The Morgan fingerprint density at radius 3 is 2.87 bits per heavy atom. The summed E-state index contributed by atoms with van der Waals surface area (Å²) in [7, 11) is 0. The Hall–Kier alpha value is -1.68. The molecule has 0 unspecified atom stereocenters. The molecule has 0 aromatic carbocycles. The molecule has 5 heteroatoms. The fourth-order valence-corrected chi connectivity index (χ4v) is 1.31. The summed E-state index contributed by atoms with van der Waals surface area (Å²) in [6.45, 7) is 1.66. The van der Waals surface area contributed by atoms with Crippen molar-refractivity contribution >= 4 is 29.4 Å². The van der Waals surface area contributed by atoms with E-state index < -0.39 is 5.97 Å². The minimum Gasteiger partial charge on any atom is -0.478 e. The molecule has 0 aliphatic carbocycles. The Balaban J connectivity index is 0.00000112. The Bertz CT molecular complexity index is 514. The number of nitrogens with zero attached hydrogens (tertiary/aromatic N) is 2. The zero-order valence-electron chi connectivity index (χ0n) is 7.97. The van der Waals surface area contributed by atoms with Crippen LogP contribution < -0.4 is 0 Å². The maximum Gasteiger partial charge on any atom is 0.337 e. The molecule has 2 aromatic rings. The van der Waals surface area contributed by atoms with Gasteiger partial charge in [0, 0.05) is 11.6 Å². The predicted octanol–water partition coefficient (Wildman–Crippen LogP) is 2.06. The van der Waals surface area contributed by atoms with E-state index in [2.05, 4.69) is 9.97 Å². The molecule has 0 saturated heterocycles. The zero-order valence-corrected chi connectivity index (χ0v) is 8.78. The van der Waals surface area contributed by atoms with Crippen molar-refractivity contribution in [2.75, 3.05) is 0 Å². The molecule has 2 aromatic heterocycles. The first-order valence-electron chi connectivity index (χ1n) is 4.14. The molecule has 0 amide bonds. The van der Waals surface area contributed by atoms with Crippen molar-refractivity contribution in [1.29, 1.82) is 0 Å². The molecule has 78 valence electrons. The average molecular weight is 225 g/mol. The molecule has 15 heavy (non-hydrogen) atoms. The predicted molar refractivity (Wildman–Crippen MR) is 58.5 cm³/mol. The second-order valence-electron chi connectivity index (χ2n) is 2.98. The van der Waals surface area contributed by atoms with Gasteiger partial charge in [0.2, 0.25) is 0 Å². The van der Waals surface area contributed by atoms with Gasteiger partial charge in [0.15, 0.2) is 5.65 Å². The molecule has 0 aliphatic rings. The van der Waals surface area contributed by atoms with Crippen LogP contribution in [-0.4, -0.2) is 21.0 Å². The van der Waals surface area contributed by atoms with Crippen LogP contribution in [0.4, 0.5) is 0 Å². The standard InChI is InChI=1S/C10H8N2O2.ClH/c1-6-8(10(13)14)5-7-3-2-4-11-9(7)12-6;/h2-5H,1H3,(H,13,14);1H. The van der Waals surface area contributed by atoms with E-state index in [-0.39, 0.29) is 18.0 Å². The van der Waals surface area contributed by atoms with Crippen molar-refractivity contribution in [3.05, 3.63) is 35.7 Å². The lowest BCUT2D eigenvalue weighted by Gasteiger charge is -2.01. The van der Waals surface area contributed by atoms with Gasteiger partial charge in [-0.2, -0.15) is 0 Å². The highest BCUT2D eigenvalue weighted by Gasteiger charge is 2.09. The zero-order chi connectivity index (χ0) is 10.1. The summed E-state index contributed by atoms with van der Waals surface area (Å²) >= 11 is 0. The number of halogens is 1. The molecule has 0 atom stereocenters. The number of rotatable bonds is 1. The van der Waals surface area contributed by atoms with E-state index in [1.807, 2.05) is 0 Å². The molecular weight excluding hydrogens is 216 g/mol. The third kappa shape index (κ3) is 2.05. The monoisotopic (exact) mass is 224 g/mol. The van der Waals surface area contributed by atoms with E-state index in [1.165, 1.54) is 0 Å². The minimum atomic E-state index is -0.958. The van der Waals surface area contributed by atoms with Crippen molar-refractivity contribution < 1.29 is 9.90 Å². The van der Waals surface area contributed by atoms with Crippen LogP contribution in [0.3, 0.4) is 0 Å². The number of aromatic nitrogens is 2. The summed E-state index contributed by atoms with van der Waals surface area (Å²) in [6, 6.07) is 5.14. The van der Waals surface area contributed by atoms with Gasteiger partial charge in [0.25, 0.3) is 0 Å². The second kappa shape index (κ2) is 4.23. The molecule has 2 heterocycles. The summed E-state index contributed by atoms with van der Waals surface area (Å²) in [5.41, 5.74) is 1.30. The molecule has 0 saturated carbocycles. The fourth-order valence-electron chi connectivity index (χ4n) is 1.31. The molecule has 0 aliphatic heterocycles. The summed E-state index contributed by atoms with van der Waals surface area (Å²) in [6.07, 6.45) is 1.63. The molecule has 0 radical (unpaired) electrons. The number of fused-ring (bicyclic) bond motifs is 1. The first kappa shape index (κ1) is 11.4. The van der Waals surface area contributed by atoms with Gasteiger partial charge in [0.05, 0.1) is 11.3 Å². The molecule has 1 N–H and O–H groups in total. The van der Waals surface area contributed by atoms with Crippen molar-refractivity contribution in [3.63, 3.8) is 0 Å². The van der Waals surface area contributed by atoms with Crippen LogP contribution in [-0.2, 0) is 0 Å². The van der Waals surface area contributed by atoms with Crippen LogP contribution in [0.15, 0.2) is 24.4 Å². The Morgan fingerprint density at radius 1 is 1.47 bits per heavy atom. The van der Waals surface area contributed by atoms with Crippen LogP contribution in [0.25, 0.3) is 11.0 Å². The summed E-state index contributed by atoms with van der Waals surface area (Å²) < 4.78 is 0. The number of hydrogen-bond donors (Lipinski definition) is 1. The average Bonchev–Trinajstić information content (AvgIpc) is 2.16. The van der Waals surface area contributed by atoms with Gasteiger partial charge in [-0.05, 0) is 25.1 Å². The van der Waals surface area contributed by atoms with Crippen LogP contribution in [0.5, 0.6) is 0 Å². The molecular formula is C10H9ClN2O2. The van der Waals surface area contributed by atoms with Gasteiger partial charge in [-0.25, -0.2) is 14.8 Å². The fraction of sp³-hybridized carbons (Fsp3) is 0.100. The number of aryl methyl sites for hydroxylation is 1. The van der Waals surface area contributed by atoms with Crippen molar-refractivity contribution in [3.8, 4) is 0 Å². The van der Waals surface area contributed by atoms with E-state index in [4.69, 9.17) is 5.11 Å². The normalized spacial score (nSPS) is 9.67. The number of carboxylic acid groups (broad SMARTS) is 1. The SMILES string of the molecule is Cc1nc2ncccc2cc1C(=O)O.Cl. The Labute approximate surface area is 92.4 Å². The highest BCUT2D eigenvalue weighted by molar-refractivity contribution is 5.93. The van der Waals surface area contributed by atoms with Crippen LogP contribution in [0, 0.1) is 6.92 Å². The number of hydrogen-bond acceptors (Lipinski definition) is 3. The van der Waals surface area contributed by atoms with Crippen LogP contribution >= 0.6 is 12.4 Å². The van der Waals surface area contributed by atoms with Crippen molar-refractivity contribution in [2.24, 2.45) is 0 Å². The Kier molecular flexibility index (Phi) is 3.21. The van der Waals surface area contributed by atoms with E-state index in [1.54, 1.807) is 31.3 Å². The van der Waals surface area contributed by atoms with Gasteiger partial charge in [-0.3, -0.25) is 0 Å². The minimum absolute atomic E-state index is 0. The number of pyridine rings is 2. The molecule has 4 nitrogen and oxygen atoms in total. The van der Waals surface area contributed by atoms with Gasteiger partial charge in [-0.1, -0.05) is 0 Å². The Morgan fingerprint density at radius 2 is 2.20 bits per heavy atom. The smallest absolute Gasteiger partial charge is 0.337 e. The first-order valence-corrected chi connectivity index (χ1v) is 4.14. The van der Waals surface area contributed by atoms with Crippen LogP contribution in [0.2, 0.25) is 0 Å². The van der Waals surface area contributed by atoms with Gasteiger partial charge in [0.1, 0.15) is 0 Å². The van der Waals surface area contributed by atoms with E-state index in [0.717, 1.165) is 5.39 Å².